The van der Waals surface area contributed by atoms with E-state index in [4.69, 9.17) is 15.6 Å². The fourth-order valence-corrected chi connectivity index (χ4v) is 2.12. The van der Waals surface area contributed by atoms with Crippen LogP contribution in [-0.4, -0.2) is 69.9 Å². The number of nitrogens with zero attached hydrogens (tertiary/aromatic N) is 2. The van der Waals surface area contributed by atoms with Gasteiger partial charge in [-0.2, -0.15) is 4.98 Å². The molecule has 1 aliphatic heterocycles. The number of hydrogen-bond donors (Lipinski definition) is 6. The monoisotopic (exact) mass is 315 g/mol. The van der Waals surface area contributed by atoms with Crippen LogP contribution in [0.25, 0.3) is 0 Å². The summed E-state index contributed by atoms with van der Waals surface area (Å²) in [6.45, 7) is -0.498. The van der Waals surface area contributed by atoms with Crippen molar-refractivity contribution in [2.24, 2.45) is 0 Å². The Morgan fingerprint density at radius 2 is 2.18 bits per heavy atom. The summed E-state index contributed by atoms with van der Waals surface area (Å²) in [5, 5.41) is 31.2. The van der Waals surface area contributed by atoms with Gasteiger partial charge in [0.2, 0.25) is 12.4 Å². The maximum absolute atomic E-state index is 11.9. The van der Waals surface area contributed by atoms with Crippen LogP contribution in [0, 0.1) is 0 Å². The lowest BCUT2D eigenvalue weighted by Gasteiger charge is -2.20. The van der Waals surface area contributed by atoms with Crippen LogP contribution in [0.2, 0.25) is 0 Å². The van der Waals surface area contributed by atoms with E-state index in [1.165, 1.54) is 7.05 Å². The minimum absolute atomic E-state index is 0.106. The molecule has 1 amide bonds. The van der Waals surface area contributed by atoms with Gasteiger partial charge in [0.15, 0.2) is 17.7 Å². The maximum atomic E-state index is 11.9. The standard InChI is InChI=1S/C11H17N5O6/c1-16(3-18)5-8(14-11(12)15-9(5)21)13-10-7(20)6(19)4(2-17)22-10/h3-4,6-7,10,17,19-20H,2H2,1H3,(H4,12,13,14,15,21)/t4-,6-,7-,10-/m1/s1. The summed E-state index contributed by atoms with van der Waals surface area (Å²) >= 11 is 0. The molecule has 0 bridgehead atoms. The summed E-state index contributed by atoms with van der Waals surface area (Å²) in [5.74, 6) is -0.312. The minimum Gasteiger partial charge on any atom is -0.394 e. The highest BCUT2D eigenvalue weighted by molar-refractivity contribution is 5.80. The predicted molar refractivity (Wildman–Crippen MR) is 75.1 cm³/mol. The molecular formula is C11H17N5O6. The normalized spacial score (nSPS) is 27.6. The number of amides is 1. The highest BCUT2D eigenvalue weighted by Gasteiger charge is 2.43. The Kier molecular flexibility index (Phi) is 4.61. The summed E-state index contributed by atoms with van der Waals surface area (Å²) in [5.41, 5.74) is 4.65. The Labute approximate surface area is 124 Å². The summed E-state index contributed by atoms with van der Waals surface area (Å²) in [4.78, 5) is 29.8. The average molecular weight is 315 g/mol. The predicted octanol–water partition coefficient (Wildman–Crippen LogP) is -3.20. The second-order valence-corrected chi connectivity index (χ2v) is 4.77. The maximum Gasteiger partial charge on any atom is 0.278 e. The molecule has 11 nitrogen and oxygen atoms in total. The lowest BCUT2D eigenvalue weighted by Crippen LogP contribution is -2.37. The molecule has 0 aliphatic carbocycles. The number of aliphatic hydroxyl groups excluding tert-OH is 3. The molecule has 22 heavy (non-hydrogen) atoms. The number of nitrogens with two attached hydrogens (primary N) is 1. The van der Waals surface area contributed by atoms with E-state index in [0.717, 1.165) is 4.90 Å². The highest BCUT2D eigenvalue weighted by Crippen LogP contribution is 2.25. The first kappa shape index (κ1) is 16.2. The molecule has 2 heterocycles. The number of carbonyl (C=O) groups is 1. The van der Waals surface area contributed by atoms with Gasteiger partial charge in [0.25, 0.3) is 5.56 Å². The third kappa shape index (κ3) is 2.87. The Morgan fingerprint density at radius 1 is 1.50 bits per heavy atom. The average Bonchev–Trinajstić information content (AvgIpc) is 2.74. The van der Waals surface area contributed by atoms with E-state index in [2.05, 4.69) is 15.3 Å². The van der Waals surface area contributed by atoms with Crippen molar-refractivity contribution in [3.05, 3.63) is 10.4 Å². The first-order valence-corrected chi connectivity index (χ1v) is 6.36. The summed E-state index contributed by atoms with van der Waals surface area (Å²) in [6.07, 6.45) is -4.41. The van der Waals surface area contributed by atoms with Gasteiger partial charge in [-0.25, -0.2) is 0 Å². The van der Waals surface area contributed by atoms with Gasteiger partial charge in [-0.15, -0.1) is 0 Å². The molecule has 122 valence electrons. The summed E-state index contributed by atoms with van der Waals surface area (Å²) in [6, 6.07) is 0. The second-order valence-electron chi connectivity index (χ2n) is 4.77. The largest absolute Gasteiger partial charge is 0.394 e. The number of nitrogens with one attached hydrogen (secondary N) is 2. The smallest absolute Gasteiger partial charge is 0.278 e. The molecule has 1 fully saturated rings. The minimum atomic E-state index is -1.37. The molecule has 0 spiro atoms. The molecule has 4 atom stereocenters. The molecule has 11 heteroatoms. The Morgan fingerprint density at radius 3 is 2.73 bits per heavy atom. The van der Waals surface area contributed by atoms with Crippen molar-refractivity contribution in [2.75, 3.05) is 29.6 Å². The van der Waals surface area contributed by atoms with Crippen LogP contribution < -0.4 is 21.5 Å². The number of ether oxygens (including phenoxy) is 1. The quantitative estimate of drug-likeness (QED) is 0.306. The summed E-state index contributed by atoms with van der Waals surface area (Å²) in [7, 11) is 1.33. The number of aromatic amines is 1. The second kappa shape index (κ2) is 6.27. The number of aliphatic hydroxyl groups is 3. The zero-order chi connectivity index (χ0) is 16.4. The van der Waals surface area contributed by atoms with Crippen molar-refractivity contribution in [2.45, 2.75) is 24.5 Å². The van der Waals surface area contributed by atoms with Gasteiger partial charge in [-0.1, -0.05) is 0 Å². The summed E-state index contributed by atoms with van der Waals surface area (Å²) < 4.78 is 5.23. The number of H-pyrrole nitrogens is 1. The third-order valence-corrected chi connectivity index (χ3v) is 3.25. The fourth-order valence-electron chi connectivity index (χ4n) is 2.12. The van der Waals surface area contributed by atoms with Gasteiger partial charge in [-0.05, 0) is 0 Å². The van der Waals surface area contributed by atoms with Crippen LogP contribution in [0.5, 0.6) is 0 Å². The van der Waals surface area contributed by atoms with Crippen LogP contribution in [0.15, 0.2) is 4.79 Å². The molecular weight excluding hydrogens is 298 g/mol. The topological polar surface area (TPSA) is 174 Å². The van der Waals surface area contributed by atoms with Crippen molar-refractivity contribution >= 4 is 23.9 Å². The molecule has 1 aromatic heterocycles. The van der Waals surface area contributed by atoms with Gasteiger partial charge >= 0.3 is 0 Å². The lowest BCUT2D eigenvalue weighted by atomic mass is 10.1. The van der Waals surface area contributed by atoms with Crippen LogP contribution in [0.4, 0.5) is 17.5 Å². The zero-order valence-corrected chi connectivity index (χ0v) is 11.6. The van der Waals surface area contributed by atoms with E-state index in [0.29, 0.717) is 6.41 Å². The molecule has 1 saturated heterocycles. The molecule has 0 unspecified atom stereocenters. The number of hydrogen-bond acceptors (Lipinski definition) is 9. The lowest BCUT2D eigenvalue weighted by molar-refractivity contribution is -0.107. The van der Waals surface area contributed by atoms with Crippen molar-refractivity contribution in [3.8, 4) is 0 Å². The highest BCUT2D eigenvalue weighted by atomic mass is 16.6. The van der Waals surface area contributed by atoms with E-state index in [-0.39, 0.29) is 17.5 Å². The molecule has 2 rings (SSSR count). The van der Waals surface area contributed by atoms with Crippen LogP contribution in [0.3, 0.4) is 0 Å². The van der Waals surface area contributed by atoms with Gasteiger partial charge in [-0.3, -0.25) is 14.6 Å². The number of nitrogen functional groups attached to an aromatic ring is 1. The Hall–Kier alpha value is -2.21. The van der Waals surface area contributed by atoms with Crippen molar-refractivity contribution in [3.63, 3.8) is 0 Å². The van der Waals surface area contributed by atoms with Gasteiger partial charge in [0.05, 0.1) is 6.61 Å². The van der Waals surface area contributed by atoms with E-state index in [1.54, 1.807) is 0 Å². The molecule has 0 radical (unpaired) electrons. The SMILES string of the molecule is CN(C=O)c1c(N[C@@H]2O[C@H](CO)[C@@H](O)[C@H]2O)nc(N)[nH]c1=O. The molecule has 0 aromatic carbocycles. The Bertz CT molecular complexity index is 607. The number of rotatable bonds is 5. The number of carbonyl (C=O) groups excluding carboxylic acids is 1. The zero-order valence-electron chi connectivity index (χ0n) is 11.6. The van der Waals surface area contributed by atoms with Crippen LogP contribution in [-0.2, 0) is 9.53 Å². The number of anilines is 3. The first-order valence-electron chi connectivity index (χ1n) is 6.36. The van der Waals surface area contributed by atoms with Gasteiger partial charge in [0.1, 0.15) is 18.3 Å². The van der Waals surface area contributed by atoms with Crippen LogP contribution >= 0.6 is 0 Å². The van der Waals surface area contributed by atoms with E-state index in [1.807, 2.05) is 0 Å². The van der Waals surface area contributed by atoms with Crippen molar-refractivity contribution in [1.82, 2.24) is 9.97 Å². The fraction of sp³-hybridized carbons (Fsp3) is 0.545. The Balaban J connectivity index is 2.33. The molecule has 1 aromatic rings. The number of aromatic nitrogens is 2. The van der Waals surface area contributed by atoms with Crippen LogP contribution in [0.1, 0.15) is 0 Å². The van der Waals surface area contributed by atoms with Gasteiger partial charge in [0, 0.05) is 7.05 Å². The van der Waals surface area contributed by atoms with E-state index in [9.17, 15) is 19.8 Å². The first-order chi connectivity index (χ1) is 10.4. The van der Waals surface area contributed by atoms with E-state index < -0.39 is 36.7 Å². The molecule has 7 N–H and O–H groups in total. The molecule has 1 aliphatic rings. The third-order valence-electron chi connectivity index (χ3n) is 3.25. The van der Waals surface area contributed by atoms with Crippen molar-refractivity contribution < 1.29 is 24.9 Å². The van der Waals surface area contributed by atoms with Crippen molar-refractivity contribution in [1.29, 1.82) is 0 Å². The molecule has 0 saturated carbocycles. The van der Waals surface area contributed by atoms with Gasteiger partial charge < -0.3 is 36.0 Å². The van der Waals surface area contributed by atoms with E-state index >= 15 is 0 Å².